The number of furan rings is 1. The molecule has 1 aliphatic heterocycles. The van der Waals surface area contributed by atoms with E-state index < -0.39 is 6.04 Å². The Bertz CT molecular complexity index is 1360. The van der Waals surface area contributed by atoms with E-state index in [2.05, 4.69) is 20.9 Å². The van der Waals surface area contributed by atoms with E-state index in [1.165, 1.54) is 0 Å². The van der Waals surface area contributed by atoms with E-state index in [4.69, 9.17) is 9.15 Å². The lowest BCUT2D eigenvalue weighted by Gasteiger charge is -2.22. The Kier molecular flexibility index (Phi) is 9.40. The highest BCUT2D eigenvalue weighted by molar-refractivity contribution is 5.98. The molecule has 1 aromatic heterocycles. The second-order valence-corrected chi connectivity index (χ2v) is 9.40. The summed E-state index contributed by atoms with van der Waals surface area (Å²) < 4.78 is 11.1. The van der Waals surface area contributed by atoms with Crippen molar-refractivity contribution in [1.29, 1.82) is 5.26 Å². The molecule has 39 heavy (non-hydrogen) atoms. The molecule has 2 aromatic carbocycles. The van der Waals surface area contributed by atoms with Crippen LogP contribution in [0.2, 0.25) is 0 Å². The molecule has 0 saturated carbocycles. The molecular weight excluding hydrogens is 496 g/mol. The average molecular weight is 531 g/mol. The van der Waals surface area contributed by atoms with Gasteiger partial charge in [0, 0.05) is 24.2 Å². The number of fused-ring (bicyclic) bond motifs is 1. The normalized spacial score (nSPS) is 15.9. The Morgan fingerprint density at radius 3 is 2.79 bits per heavy atom. The van der Waals surface area contributed by atoms with Crippen molar-refractivity contribution in [2.75, 3.05) is 31.6 Å². The number of guanidine groups is 1. The monoisotopic (exact) mass is 530 g/mol. The fourth-order valence-electron chi connectivity index (χ4n) is 4.55. The van der Waals surface area contributed by atoms with Crippen molar-refractivity contribution in [3.05, 3.63) is 59.9 Å². The minimum atomic E-state index is -0.701. The van der Waals surface area contributed by atoms with Gasteiger partial charge in [0.05, 0.1) is 13.2 Å². The summed E-state index contributed by atoms with van der Waals surface area (Å²) in [4.78, 5) is 32.0. The minimum absolute atomic E-state index is 0.0287. The zero-order chi connectivity index (χ0) is 27.6. The van der Waals surface area contributed by atoms with Crippen LogP contribution in [0.5, 0.6) is 5.75 Å². The van der Waals surface area contributed by atoms with Gasteiger partial charge in [0.1, 0.15) is 23.1 Å². The number of anilines is 1. The van der Waals surface area contributed by atoms with Crippen molar-refractivity contribution in [3.63, 3.8) is 0 Å². The van der Waals surface area contributed by atoms with E-state index in [-0.39, 0.29) is 24.3 Å². The maximum atomic E-state index is 13.3. The van der Waals surface area contributed by atoms with Crippen LogP contribution in [0.15, 0.2) is 57.9 Å². The maximum Gasteiger partial charge on any atom is 0.247 e. The minimum Gasteiger partial charge on any atom is -0.494 e. The smallest absolute Gasteiger partial charge is 0.247 e. The highest BCUT2D eigenvalue weighted by atomic mass is 16.5. The molecule has 2 amide bonds. The van der Waals surface area contributed by atoms with E-state index in [1.807, 2.05) is 68.6 Å². The Labute approximate surface area is 228 Å². The Balaban J connectivity index is 1.35. The van der Waals surface area contributed by atoms with Crippen LogP contribution in [0.25, 0.3) is 11.0 Å². The molecule has 1 atom stereocenters. The number of nitriles is 1. The second kappa shape index (κ2) is 13.3. The lowest BCUT2D eigenvalue weighted by molar-refractivity contribution is -0.136. The third kappa shape index (κ3) is 7.74. The number of ether oxygens (including phenoxy) is 1. The van der Waals surface area contributed by atoms with Gasteiger partial charge in [-0.15, -0.1) is 0 Å². The number of hydrogen-bond donors (Lipinski definition) is 3. The van der Waals surface area contributed by atoms with Gasteiger partial charge in [0.25, 0.3) is 0 Å². The summed E-state index contributed by atoms with van der Waals surface area (Å²) in [6.07, 6.45) is 4.66. The highest BCUT2D eigenvalue weighted by Gasteiger charge is 2.28. The molecule has 0 aliphatic carbocycles. The van der Waals surface area contributed by atoms with Gasteiger partial charge < -0.3 is 24.7 Å². The molecule has 0 radical (unpaired) electrons. The number of aliphatic imine (C=N–C) groups is 1. The first kappa shape index (κ1) is 27.5. The van der Waals surface area contributed by atoms with Crippen LogP contribution in [0.4, 0.5) is 5.69 Å². The van der Waals surface area contributed by atoms with Gasteiger partial charge in [0.15, 0.2) is 6.19 Å². The summed E-state index contributed by atoms with van der Waals surface area (Å²) in [6, 6.07) is 14.6. The first-order chi connectivity index (χ1) is 18.9. The van der Waals surface area contributed by atoms with Crippen LogP contribution in [0, 0.1) is 18.4 Å². The average Bonchev–Trinajstić information content (AvgIpc) is 3.21. The number of likely N-dealkylation sites (tertiary alicyclic amines) is 1. The van der Waals surface area contributed by atoms with E-state index in [0.29, 0.717) is 38.2 Å². The van der Waals surface area contributed by atoms with Crippen molar-refractivity contribution in [1.82, 2.24) is 15.5 Å². The number of carbonyl (C=O) groups is 2. The van der Waals surface area contributed by atoms with Gasteiger partial charge in [-0.1, -0.05) is 12.1 Å². The van der Waals surface area contributed by atoms with Crippen molar-refractivity contribution in [3.8, 4) is 11.9 Å². The Hall–Kier alpha value is -4.52. The lowest BCUT2D eigenvalue weighted by atomic mass is 10.1. The summed E-state index contributed by atoms with van der Waals surface area (Å²) in [7, 11) is 0. The van der Waals surface area contributed by atoms with Gasteiger partial charge in [-0.2, -0.15) is 5.26 Å². The van der Waals surface area contributed by atoms with Gasteiger partial charge in [-0.25, -0.2) is 4.99 Å². The van der Waals surface area contributed by atoms with Crippen LogP contribution in [0.1, 0.15) is 37.5 Å². The molecule has 0 spiro atoms. The second-order valence-electron chi connectivity index (χ2n) is 9.40. The predicted octanol–water partition coefficient (Wildman–Crippen LogP) is 3.72. The fourth-order valence-corrected chi connectivity index (χ4v) is 4.55. The van der Waals surface area contributed by atoms with Gasteiger partial charge in [0.2, 0.25) is 17.8 Å². The number of benzene rings is 2. The molecule has 2 heterocycles. The molecule has 1 fully saturated rings. The zero-order valence-electron chi connectivity index (χ0n) is 22.3. The van der Waals surface area contributed by atoms with Gasteiger partial charge >= 0.3 is 0 Å². The maximum absolute atomic E-state index is 13.3. The van der Waals surface area contributed by atoms with Crippen LogP contribution in [-0.2, 0) is 16.0 Å². The van der Waals surface area contributed by atoms with Crippen LogP contribution < -0.4 is 20.7 Å². The SMILES string of the molecule is CCOc1ccc(CCNC(=O)CN2CCCC[C@H](N=C(NC#N)Nc3ccc4oc(C)cc4c3)C2=O)cc1. The Morgan fingerprint density at radius 2 is 2.03 bits per heavy atom. The summed E-state index contributed by atoms with van der Waals surface area (Å²) in [5.41, 5.74) is 2.55. The molecule has 0 bridgehead atoms. The Morgan fingerprint density at radius 1 is 1.21 bits per heavy atom. The van der Waals surface area contributed by atoms with Crippen molar-refractivity contribution in [2.45, 2.75) is 45.6 Å². The van der Waals surface area contributed by atoms with Crippen molar-refractivity contribution in [2.24, 2.45) is 4.99 Å². The summed E-state index contributed by atoms with van der Waals surface area (Å²) in [5.74, 6) is 1.36. The largest absolute Gasteiger partial charge is 0.494 e. The van der Waals surface area contributed by atoms with E-state index >= 15 is 0 Å². The predicted molar refractivity (Wildman–Crippen MR) is 149 cm³/mol. The highest BCUT2D eigenvalue weighted by Crippen LogP contribution is 2.23. The number of aryl methyl sites for hydroxylation is 1. The molecule has 4 rings (SSSR count). The standard InChI is InChI=1S/C29H34N6O4/c1-3-38-24-10-7-21(8-11-24)13-14-31-27(36)18-35-15-5-4-6-25(28(35)37)34-29(32-19-30)33-23-9-12-26-22(17-23)16-20(2)39-26/h7-12,16-17,25H,3-6,13-15,18H2,1-2H3,(H,31,36)(H2,32,33,34)/t25-/m0/s1. The zero-order valence-corrected chi connectivity index (χ0v) is 22.3. The summed E-state index contributed by atoms with van der Waals surface area (Å²) in [6.45, 7) is 5.36. The molecule has 1 aliphatic rings. The number of rotatable bonds is 9. The summed E-state index contributed by atoms with van der Waals surface area (Å²) in [5, 5.41) is 18.7. The first-order valence-electron chi connectivity index (χ1n) is 13.2. The van der Waals surface area contributed by atoms with E-state index in [0.717, 1.165) is 40.9 Å². The topological polar surface area (TPSA) is 132 Å². The quantitative estimate of drug-likeness (QED) is 0.166. The molecule has 10 heteroatoms. The molecule has 10 nitrogen and oxygen atoms in total. The lowest BCUT2D eigenvalue weighted by Crippen LogP contribution is -2.44. The molecule has 204 valence electrons. The van der Waals surface area contributed by atoms with Gasteiger partial charge in [-0.3, -0.25) is 14.9 Å². The first-order valence-corrected chi connectivity index (χ1v) is 13.2. The van der Waals surface area contributed by atoms with E-state index in [9.17, 15) is 14.9 Å². The van der Waals surface area contributed by atoms with Crippen LogP contribution >= 0.6 is 0 Å². The number of nitrogens with zero attached hydrogens (tertiary/aromatic N) is 3. The molecule has 1 saturated heterocycles. The molecule has 3 aromatic rings. The number of carbonyl (C=O) groups excluding carboxylic acids is 2. The van der Waals surface area contributed by atoms with Crippen LogP contribution in [-0.4, -0.2) is 55.0 Å². The van der Waals surface area contributed by atoms with E-state index in [1.54, 1.807) is 4.90 Å². The van der Waals surface area contributed by atoms with Crippen LogP contribution in [0.3, 0.4) is 0 Å². The third-order valence-corrected chi connectivity index (χ3v) is 6.42. The third-order valence-electron chi connectivity index (χ3n) is 6.42. The number of hydrogen-bond acceptors (Lipinski definition) is 6. The van der Waals surface area contributed by atoms with Crippen molar-refractivity contribution < 1.29 is 18.7 Å². The molecule has 3 N–H and O–H groups in total. The van der Waals surface area contributed by atoms with Crippen molar-refractivity contribution >= 4 is 34.4 Å². The fraction of sp³-hybridized carbons (Fsp3) is 0.379. The molecular formula is C29H34N6O4. The number of nitrogens with one attached hydrogen (secondary N) is 3. The molecule has 0 unspecified atom stereocenters. The summed E-state index contributed by atoms with van der Waals surface area (Å²) >= 11 is 0. The number of amides is 2. The van der Waals surface area contributed by atoms with Gasteiger partial charge in [-0.05, 0) is 81.5 Å².